The van der Waals surface area contributed by atoms with Crippen molar-refractivity contribution in [1.29, 1.82) is 0 Å². The van der Waals surface area contributed by atoms with Crippen LogP contribution in [0.1, 0.15) is 10.4 Å². The topological polar surface area (TPSA) is 50.4 Å². The Labute approximate surface area is 141 Å². The highest BCUT2D eigenvalue weighted by Gasteiger charge is 2.05. The van der Waals surface area contributed by atoms with Crippen LogP contribution in [0.4, 0.5) is 17.1 Å². The number of carbonyl (C=O) groups excluding carboxylic acids is 1. The zero-order valence-corrected chi connectivity index (χ0v) is 13.3. The number of amides is 1. The number of carbonyl (C=O) groups is 1. The molecule has 0 aliphatic rings. The van der Waals surface area contributed by atoms with Gasteiger partial charge in [-0.2, -0.15) is 0 Å². The lowest BCUT2D eigenvalue weighted by Gasteiger charge is -2.10. The Morgan fingerprint density at radius 2 is 1.50 bits per heavy atom. The van der Waals surface area contributed by atoms with Crippen LogP contribution in [0.3, 0.4) is 0 Å². The number of methoxy groups -OCH3 is 1. The van der Waals surface area contributed by atoms with E-state index < -0.39 is 0 Å². The third kappa shape index (κ3) is 3.93. The minimum atomic E-state index is -0.121. The molecule has 3 rings (SSSR count). The van der Waals surface area contributed by atoms with E-state index in [1.54, 1.807) is 19.2 Å². The number of anilines is 3. The van der Waals surface area contributed by atoms with E-state index >= 15 is 0 Å². The Kier molecular flexibility index (Phi) is 4.77. The second-order valence-electron chi connectivity index (χ2n) is 5.25. The lowest BCUT2D eigenvalue weighted by atomic mass is 10.2. The van der Waals surface area contributed by atoms with Crippen molar-refractivity contribution in [2.24, 2.45) is 0 Å². The predicted molar refractivity (Wildman–Crippen MR) is 97.1 cm³/mol. The fraction of sp³-hybridized carbons (Fsp3) is 0.0500. The minimum Gasteiger partial charge on any atom is -0.497 e. The summed E-state index contributed by atoms with van der Waals surface area (Å²) >= 11 is 0. The van der Waals surface area contributed by atoms with Gasteiger partial charge < -0.3 is 15.4 Å². The molecule has 0 aromatic heterocycles. The van der Waals surface area contributed by atoms with Crippen LogP contribution in [-0.4, -0.2) is 13.0 Å². The van der Waals surface area contributed by atoms with Crippen LogP contribution in [0.5, 0.6) is 5.75 Å². The SMILES string of the molecule is COc1cccc(Nc2ccc(NC(=O)c3ccccc3)cc2)c1. The van der Waals surface area contributed by atoms with E-state index in [1.807, 2.05) is 66.7 Å². The molecule has 0 unspecified atom stereocenters. The molecule has 4 nitrogen and oxygen atoms in total. The number of nitrogens with one attached hydrogen (secondary N) is 2. The maximum Gasteiger partial charge on any atom is 0.255 e. The van der Waals surface area contributed by atoms with E-state index in [1.165, 1.54) is 0 Å². The molecule has 2 N–H and O–H groups in total. The van der Waals surface area contributed by atoms with Crippen LogP contribution in [0, 0.1) is 0 Å². The van der Waals surface area contributed by atoms with Crippen molar-refractivity contribution in [2.45, 2.75) is 0 Å². The lowest BCUT2D eigenvalue weighted by Crippen LogP contribution is -2.11. The molecule has 0 spiro atoms. The summed E-state index contributed by atoms with van der Waals surface area (Å²) in [5, 5.41) is 6.18. The van der Waals surface area contributed by atoms with E-state index in [0.29, 0.717) is 5.56 Å². The van der Waals surface area contributed by atoms with Crippen molar-refractivity contribution in [3.05, 3.63) is 84.4 Å². The van der Waals surface area contributed by atoms with Gasteiger partial charge in [0.1, 0.15) is 5.75 Å². The van der Waals surface area contributed by atoms with Gasteiger partial charge in [0.05, 0.1) is 7.11 Å². The normalized spacial score (nSPS) is 10.0. The quantitative estimate of drug-likeness (QED) is 0.717. The monoisotopic (exact) mass is 318 g/mol. The molecule has 0 fully saturated rings. The van der Waals surface area contributed by atoms with E-state index in [0.717, 1.165) is 22.8 Å². The average molecular weight is 318 g/mol. The van der Waals surface area contributed by atoms with E-state index in [9.17, 15) is 4.79 Å². The van der Waals surface area contributed by atoms with Crippen LogP contribution >= 0.6 is 0 Å². The Hall–Kier alpha value is -3.27. The Morgan fingerprint density at radius 1 is 0.792 bits per heavy atom. The second-order valence-corrected chi connectivity index (χ2v) is 5.25. The van der Waals surface area contributed by atoms with Crippen molar-refractivity contribution >= 4 is 23.0 Å². The zero-order chi connectivity index (χ0) is 16.8. The molecule has 4 heteroatoms. The van der Waals surface area contributed by atoms with Gasteiger partial charge in [0.2, 0.25) is 0 Å². The van der Waals surface area contributed by atoms with Gasteiger partial charge in [-0.3, -0.25) is 4.79 Å². The van der Waals surface area contributed by atoms with Crippen LogP contribution in [0.2, 0.25) is 0 Å². The molecule has 3 aromatic carbocycles. The molecule has 0 radical (unpaired) electrons. The molecule has 24 heavy (non-hydrogen) atoms. The third-order valence-electron chi connectivity index (χ3n) is 3.54. The molecule has 0 aliphatic heterocycles. The Balaban J connectivity index is 1.66. The summed E-state index contributed by atoms with van der Waals surface area (Å²) in [6.45, 7) is 0. The highest BCUT2D eigenvalue weighted by Crippen LogP contribution is 2.22. The summed E-state index contributed by atoms with van der Waals surface area (Å²) in [5.41, 5.74) is 3.26. The van der Waals surface area contributed by atoms with Crippen LogP contribution in [-0.2, 0) is 0 Å². The summed E-state index contributed by atoms with van der Waals surface area (Å²) < 4.78 is 5.21. The van der Waals surface area contributed by atoms with Crippen molar-refractivity contribution in [3.63, 3.8) is 0 Å². The van der Waals surface area contributed by atoms with Crippen LogP contribution in [0.25, 0.3) is 0 Å². The first kappa shape index (κ1) is 15.6. The first-order valence-corrected chi connectivity index (χ1v) is 7.62. The molecule has 0 saturated heterocycles. The molecule has 3 aromatic rings. The van der Waals surface area contributed by atoms with Crippen molar-refractivity contribution in [2.75, 3.05) is 17.7 Å². The second kappa shape index (κ2) is 7.33. The number of ether oxygens (including phenoxy) is 1. The van der Waals surface area contributed by atoms with Gasteiger partial charge in [-0.1, -0.05) is 24.3 Å². The van der Waals surface area contributed by atoms with Crippen LogP contribution < -0.4 is 15.4 Å². The molecule has 1 amide bonds. The van der Waals surface area contributed by atoms with E-state index in [4.69, 9.17) is 4.74 Å². The summed E-state index contributed by atoms with van der Waals surface area (Å²) in [4.78, 5) is 12.1. The average Bonchev–Trinajstić information content (AvgIpc) is 2.64. The standard InChI is InChI=1S/C20H18N2O2/c1-24-19-9-5-8-18(14-19)21-16-10-12-17(13-11-16)22-20(23)15-6-3-2-4-7-15/h2-14,21H,1H3,(H,22,23). The third-order valence-corrected chi connectivity index (χ3v) is 3.54. The number of benzene rings is 3. The number of rotatable bonds is 5. The maximum absolute atomic E-state index is 12.1. The fourth-order valence-electron chi connectivity index (χ4n) is 2.30. The minimum absolute atomic E-state index is 0.121. The molecule has 0 heterocycles. The Morgan fingerprint density at radius 3 is 2.21 bits per heavy atom. The van der Waals surface area contributed by atoms with Gasteiger partial charge >= 0.3 is 0 Å². The maximum atomic E-state index is 12.1. The number of hydrogen-bond donors (Lipinski definition) is 2. The summed E-state index contributed by atoms with van der Waals surface area (Å²) in [7, 11) is 1.64. The van der Waals surface area contributed by atoms with Gasteiger partial charge in [0.25, 0.3) is 5.91 Å². The van der Waals surface area contributed by atoms with Gasteiger partial charge in [-0.05, 0) is 48.5 Å². The highest BCUT2D eigenvalue weighted by atomic mass is 16.5. The highest BCUT2D eigenvalue weighted by molar-refractivity contribution is 6.04. The summed E-state index contributed by atoms with van der Waals surface area (Å²) in [5.74, 6) is 0.677. The van der Waals surface area contributed by atoms with Gasteiger partial charge in [0.15, 0.2) is 0 Å². The van der Waals surface area contributed by atoms with Gasteiger partial charge in [-0.15, -0.1) is 0 Å². The summed E-state index contributed by atoms with van der Waals surface area (Å²) in [6, 6.07) is 24.4. The molecule has 0 bridgehead atoms. The first-order chi connectivity index (χ1) is 11.7. The molecule has 0 atom stereocenters. The van der Waals surface area contributed by atoms with Crippen molar-refractivity contribution < 1.29 is 9.53 Å². The zero-order valence-electron chi connectivity index (χ0n) is 13.3. The molecular weight excluding hydrogens is 300 g/mol. The molecular formula is C20H18N2O2. The largest absolute Gasteiger partial charge is 0.497 e. The summed E-state index contributed by atoms with van der Waals surface area (Å²) in [6.07, 6.45) is 0. The van der Waals surface area contributed by atoms with E-state index in [-0.39, 0.29) is 5.91 Å². The van der Waals surface area contributed by atoms with Crippen LogP contribution in [0.15, 0.2) is 78.9 Å². The molecule has 0 aliphatic carbocycles. The Bertz CT molecular complexity index is 815. The lowest BCUT2D eigenvalue weighted by molar-refractivity contribution is 0.102. The van der Waals surface area contributed by atoms with Gasteiger partial charge in [-0.25, -0.2) is 0 Å². The van der Waals surface area contributed by atoms with Crippen molar-refractivity contribution in [1.82, 2.24) is 0 Å². The number of hydrogen-bond acceptors (Lipinski definition) is 3. The van der Waals surface area contributed by atoms with Gasteiger partial charge in [0, 0.05) is 28.7 Å². The molecule has 0 saturated carbocycles. The predicted octanol–water partition coefficient (Wildman–Crippen LogP) is 4.69. The first-order valence-electron chi connectivity index (χ1n) is 7.62. The van der Waals surface area contributed by atoms with Crippen molar-refractivity contribution in [3.8, 4) is 5.75 Å². The fourth-order valence-corrected chi connectivity index (χ4v) is 2.30. The van der Waals surface area contributed by atoms with E-state index in [2.05, 4.69) is 10.6 Å². The smallest absolute Gasteiger partial charge is 0.255 e. The molecule has 120 valence electrons.